The standard InChI is InChI=1S/C22H23N3OS/c1-16(18-10-6-3-7-11-18)23-22(26)21-19-15-27-13-12-20(19)25(24-21)14-17-8-4-2-5-9-17/h2-11,16H,12-15H2,1H3,(H,23,26)/t16-/m1/s1. The summed E-state index contributed by atoms with van der Waals surface area (Å²) in [6, 6.07) is 20.3. The number of amides is 1. The van der Waals surface area contributed by atoms with Gasteiger partial charge in [-0.1, -0.05) is 60.7 Å². The maximum Gasteiger partial charge on any atom is 0.272 e. The molecule has 3 aromatic rings. The number of carbonyl (C=O) groups is 1. The van der Waals surface area contributed by atoms with Gasteiger partial charge in [-0.2, -0.15) is 16.9 Å². The van der Waals surface area contributed by atoms with E-state index in [1.165, 1.54) is 11.3 Å². The Morgan fingerprint density at radius 1 is 1.15 bits per heavy atom. The van der Waals surface area contributed by atoms with Crippen molar-refractivity contribution in [2.75, 3.05) is 5.75 Å². The van der Waals surface area contributed by atoms with Crippen molar-refractivity contribution >= 4 is 17.7 Å². The van der Waals surface area contributed by atoms with E-state index >= 15 is 0 Å². The largest absolute Gasteiger partial charge is 0.344 e. The molecule has 0 fully saturated rings. The van der Waals surface area contributed by atoms with Crippen molar-refractivity contribution in [2.24, 2.45) is 0 Å². The Morgan fingerprint density at radius 2 is 1.85 bits per heavy atom. The number of hydrogen-bond donors (Lipinski definition) is 1. The number of benzene rings is 2. The number of fused-ring (bicyclic) bond motifs is 1. The van der Waals surface area contributed by atoms with Crippen LogP contribution in [0.4, 0.5) is 0 Å². The van der Waals surface area contributed by atoms with Crippen molar-refractivity contribution in [2.45, 2.75) is 31.7 Å². The van der Waals surface area contributed by atoms with Gasteiger partial charge in [-0.3, -0.25) is 9.48 Å². The molecule has 5 heteroatoms. The van der Waals surface area contributed by atoms with E-state index in [1.807, 2.05) is 71.9 Å². The maximum absolute atomic E-state index is 13.0. The molecule has 1 aromatic heterocycles. The van der Waals surface area contributed by atoms with Gasteiger partial charge >= 0.3 is 0 Å². The summed E-state index contributed by atoms with van der Waals surface area (Å²) < 4.78 is 2.02. The number of aromatic nitrogens is 2. The SMILES string of the molecule is C[C@@H](NC(=O)c1nn(Cc2ccccc2)c2c1CSCC2)c1ccccc1. The van der Waals surface area contributed by atoms with Gasteiger partial charge < -0.3 is 5.32 Å². The molecule has 4 nitrogen and oxygen atoms in total. The highest BCUT2D eigenvalue weighted by Gasteiger charge is 2.26. The number of nitrogens with one attached hydrogen (secondary N) is 1. The molecule has 1 N–H and O–H groups in total. The third kappa shape index (κ3) is 3.93. The molecular weight excluding hydrogens is 354 g/mol. The molecule has 2 aromatic carbocycles. The molecule has 2 heterocycles. The average Bonchev–Trinajstić information content (AvgIpc) is 3.08. The zero-order valence-electron chi connectivity index (χ0n) is 15.4. The number of thioether (sulfide) groups is 1. The summed E-state index contributed by atoms with van der Waals surface area (Å²) in [6.07, 6.45) is 0.960. The molecule has 0 bridgehead atoms. The number of rotatable bonds is 5. The third-order valence-corrected chi connectivity index (χ3v) is 5.92. The van der Waals surface area contributed by atoms with Crippen LogP contribution in [0.3, 0.4) is 0 Å². The zero-order chi connectivity index (χ0) is 18.6. The van der Waals surface area contributed by atoms with Gasteiger partial charge in [-0.15, -0.1) is 0 Å². The molecule has 0 unspecified atom stereocenters. The Bertz CT molecular complexity index is 921. The molecule has 0 spiro atoms. The minimum Gasteiger partial charge on any atom is -0.344 e. The summed E-state index contributed by atoms with van der Waals surface area (Å²) in [4.78, 5) is 13.0. The first kappa shape index (κ1) is 17.9. The number of nitrogens with zero attached hydrogens (tertiary/aromatic N) is 2. The Labute approximate surface area is 164 Å². The molecule has 1 aliphatic heterocycles. The summed E-state index contributed by atoms with van der Waals surface area (Å²) >= 11 is 1.87. The molecule has 0 saturated carbocycles. The predicted molar refractivity (Wildman–Crippen MR) is 110 cm³/mol. The Morgan fingerprint density at radius 3 is 2.59 bits per heavy atom. The fourth-order valence-corrected chi connectivity index (χ4v) is 4.46. The second-order valence-corrected chi connectivity index (χ2v) is 7.93. The van der Waals surface area contributed by atoms with Crippen molar-refractivity contribution in [1.29, 1.82) is 0 Å². The highest BCUT2D eigenvalue weighted by Crippen LogP contribution is 2.28. The summed E-state index contributed by atoms with van der Waals surface area (Å²) in [5.41, 5.74) is 5.18. The predicted octanol–water partition coefficient (Wildman–Crippen LogP) is 4.21. The lowest BCUT2D eigenvalue weighted by molar-refractivity contribution is 0.0933. The van der Waals surface area contributed by atoms with Crippen LogP contribution in [0.2, 0.25) is 0 Å². The minimum absolute atomic E-state index is 0.0510. The topological polar surface area (TPSA) is 46.9 Å². The van der Waals surface area contributed by atoms with Gasteiger partial charge in [-0.05, 0) is 30.2 Å². The first-order valence-corrected chi connectivity index (χ1v) is 10.4. The van der Waals surface area contributed by atoms with Gasteiger partial charge in [0.15, 0.2) is 5.69 Å². The summed E-state index contributed by atoms with van der Waals surface area (Å²) in [5.74, 6) is 1.85. The lowest BCUT2D eigenvalue weighted by atomic mass is 10.1. The molecule has 4 rings (SSSR count). The quantitative estimate of drug-likeness (QED) is 0.724. The first-order chi connectivity index (χ1) is 13.2. The van der Waals surface area contributed by atoms with Crippen LogP contribution in [0.1, 0.15) is 45.8 Å². The Hall–Kier alpha value is -2.53. The van der Waals surface area contributed by atoms with Gasteiger partial charge in [0, 0.05) is 17.0 Å². The Balaban J connectivity index is 1.59. The van der Waals surface area contributed by atoms with Gasteiger partial charge in [-0.25, -0.2) is 0 Å². The van der Waals surface area contributed by atoms with Crippen LogP contribution in [0, 0.1) is 0 Å². The second-order valence-electron chi connectivity index (χ2n) is 6.83. The summed E-state index contributed by atoms with van der Waals surface area (Å²) in [5, 5.41) is 7.84. The zero-order valence-corrected chi connectivity index (χ0v) is 16.2. The summed E-state index contributed by atoms with van der Waals surface area (Å²) in [7, 11) is 0. The van der Waals surface area contributed by atoms with Crippen molar-refractivity contribution in [1.82, 2.24) is 15.1 Å². The highest BCUT2D eigenvalue weighted by atomic mass is 32.2. The van der Waals surface area contributed by atoms with E-state index in [2.05, 4.69) is 17.4 Å². The average molecular weight is 378 g/mol. The van der Waals surface area contributed by atoms with Crippen LogP contribution < -0.4 is 5.32 Å². The lowest BCUT2D eigenvalue weighted by Crippen LogP contribution is -2.28. The first-order valence-electron chi connectivity index (χ1n) is 9.28. The Kier molecular flexibility index (Phi) is 5.30. The van der Waals surface area contributed by atoms with E-state index in [9.17, 15) is 4.79 Å². The van der Waals surface area contributed by atoms with Crippen LogP contribution in [-0.2, 0) is 18.7 Å². The summed E-state index contributed by atoms with van der Waals surface area (Å²) in [6.45, 7) is 2.71. The lowest BCUT2D eigenvalue weighted by Gasteiger charge is -2.15. The highest BCUT2D eigenvalue weighted by molar-refractivity contribution is 7.98. The van der Waals surface area contributed by atoms with E-state index in [0.29, 0.717) is 12.2 Å². The van der Waals surface area contributed by atoms with Crippen LogP contribution in [0.25, 0.3) is 0 Å². The molecule has 138 valence electrons. The fourth-order valence-electron chi connectivity index (χ4n) is 3.47. The van der Waals surface area contributed by atoms with E-state index < -0.39 is 0 Å². The molecule has 1 atom stereocenters. The molecule has 0 aliphatic carbocycles. The normalized spacial score (nSPS) is 14.4. The third-order valence-electron chi connectivity index (χ3n) is 4.93. The van der Waals surface area contributed by atoms with Crippen molar-refractivity contribution in [3.63, 3.8) is 0 Å². The van der Waals surface area contributed by atoms with Gasteiger partial charge in [0.25, 0.3) is 5.91 Å². The van der Waals surface area contributed by atoms with Crippen molar-refractivity contribution < 1.29 is 4.79 Å². The van der Waals surface area contributed by atoms with Crippen molar-refractivity contribution in [3.05, 3.63) is 88.7 Å². The van der Waals surface area contributed by atoms with E-state index in [0.717, 1.165) is 29.1 Å². The van der Waals surface area contributed by atoms with Crippen LogP contribution >= 0.6 is 11.8 Å². The van der Waals surface area contributed by atoms with Crippen molar-refractivity contribution in [3.8, 4) is 0 Å². The fraction of sp³-hybridized carbons (Fsp3) is 0.273. The number of carbonyl (C=O) groups excluding carboxylic acids is 1. The molecule has 0 radical (unpaired) electrons. The molecule has 1 aliphatic rings. The van der Waals surface area contributed by atoms with Crippen LogP contribution in [0.5, 0.6) is 0 Å². The molecular formula is C22H23N3OS. The van der Waals surface area contributed by atoms with Crippen LogP contribution in [0.15, 0.2) is 60.7 Å². The van der Waals surface area contributed by atoms with Gasteiger partial charge in [0.2, 0.25) is 0 Å². The molecule has 0 saturated heterocycles. The van der Waals surface area contributed by atoms with E-state index in [1.54, 1.807) is 0 Å². The van der Waals surface area contributed by atoms with Gasteiger partial charge in [0.1, 0.15) is 0 Å². The van der Waals surface area contributed by atoms with Crippen LogP contribution in [-0.4, -0.2) is 21.4 Å². The monoisotopic (exact) mass is 377 g/mol. The smallest absolute Gasteiger partial charge is 0.272 e. The minimum atomic E-state index is -0.0862. The van der Waals surface area contributed by atoms with Gasteiger partial charge in [0.05, 0.1) is 12.6 Å². The number of hydrogen-bond acceptors (Lipinski definition) is 3. The molecule has 27 heavy (non-hydrogen) atoms. The molecule has 1 amide bonds. The van der Waals surface area contributed by atoms with E-state index in [4.69, 9.17) is 5.10 Å². The van der Waals surface area contributed by atoms with E-state index in [-0.39, 0.29) is 11.9 Å². The maximum atomic E-state index is 13.0. The second kappa shape index (κ2) is 8.01.